The van der Waals surface area contributed by atoms with Gasteiger partial charge in [0.05, 0.1) is 11.6 Å². The zero-order chi connectivity index (χ0) is 9.84. The van der Waals surface area contributed by atoms with E-state index < -0.39 is 6.10 Å². The monoisotopic (exact) mass is 237 g/mol. The summed E-state index contributed by atoms with van der Waals surface area (Å²) in [7, 11) is 0. The number of nitrogens with zero attached hydrogens (tertiary/aromatic N) is 1. The first-order valence-corrected chi connectivity index (χ1v) is 4.47. The van der Waals surface area contributed by atoms with Crippen LogP contribution in [0.4, 0.5) is 0 Å². The molecule has 0 aliphatic rings. The number of hydrogen-bond acceptors (Lipinski definition) is 2. The highest BCUT2D eigenvalue weighted by Crippen LogP contribution is 2.26. The van der Waals surface area contributed by atoms with E-state index in [1.807, 2.05) is 18.2 Å². The maximum atomic E-state index is 9.62. The summed E-state index contributed by atoms with van der Waals surface area (Å²) in [5, 5.41) is 18.2. The molecule has 1 aromatic rings. The van der Waals surface area contributed by atoms with Gasteiger partial charge in [-0.3, -0.25) is 0 Å². The molecule has 1 unspecified atom stereocenters. The van der Waals surface area contributed by atoms with Crippen LogP contribution in [0.3, 0.4) is 0 Å². The molecule has 0 aromatic heterocycles. The number of benzene rings is 1. The maximum Gasteiger partial charge on any atom is 0.114 e. The van der Waals surface area contributed by atoms with Crippen LogP contribution in [0.1, 0.15) is 11.7 Å². The van der Waals surface area contributed by atoms with Gasteiger partial charge in [0.15, 0.2) is 0 Å². The minimum atomic E-state index is -0.916. The van der Waals surface area contributed by atoms with E-state index in [-0.39, 0.29) is 5.57 Å². The van der Waals surface area contributed by atoms with E-state index >= 15 is 0 Å². The van der Waals surface area contributed by atoms with Gasteiger partial charge in [-0.2, -0.15) is 5.26 Å². The lowest BCUT2D eigenvalue weighted by Gasteiger charge is -2.09. The fourth-order valence-electron chi connectivity index (χ4n) is 0.946. The van der Waals surface area contributed by atoms with Crippen LogP contribution in [-0.4, -0.2) is 5.11 Å². The fraction of sp³-hybridized carbons (Fsp3) is 0.100. The first kappa shape index (κ1) is 9.97. The molecule has 0 radical (unpaired) electrons. The molecule has 0 saturated carbocycles. The second-order valence-corrected chi connectivity index (χ2v) is 3.42. The maximum absolute atomic E-state index is 9.62. The first-order valence-electron chi connectivity index (χ1n) is 3.68. The van der Waals surface area contributed by atoms with Crippen LogP contribution in [0.5, 0.6) is 0 Å². The van der Waals surface area contributed by atoms with E-state index in [2.05, 4.69) is 22.5 Å². The Balaban J connectivity index is 3.03. The average molecular weight is 238 g/mol. The van der Waals surface area contributed by atoms with Crippen molar-refractivity contribution in [1.82, 2.24) is 0 Å². The summed E-state index contributed by atoms with van der Waals surface area (Å²) in [6, 6.07) is 9.02. The van der Waals surface area contributed by atoms with Gasteiger partial charge in [-0.1, -0.05) is 40.7 Å². The Bertz CT molecular complexity index is 367. The predicted octanol–water partition coefficient (Wildman–Crippen LogP) is 2.56. The normalized spacial score (nSPS) is 11.8. The zero-order valence-electron chi connectivity index (χ0n) is 6.87. The number of hydrogen-bond donors (Lipinski definition) is 1. The van der Waals surface area contributed by atoms with Crippen LogP contribution < -0.4 is 0 Å². The van der Waals surface area contributed by atoms with Gasteiger partial charge in [0.2, 0.25) is 0 Å². The number of aliphatic hydroxyl groups excluding tert-OH is 1. The highest BCUT2D eigenvalue weighted by molar-refractivity contribution is 9.10. The third kappa shape index (κ3) is 2.18. The lowest BCUT2D eigenvalue weighted by Crippen LogP contribution is -1.99. The molecule has 0 fully saturated rings. The van der Waals surface area contributed by atoms with Crippen molar-refractivity contribution in [2.24, 2.45) is 0 Å². The molecule has 1 aromatic carbocycles. The van der Waals surface area contributed by atoms with Crippen molar-refractivity contribution in [2.75, 3.05) is 0 Å². The Morgan fingerprint density at radius 1 is 1.54 bits per heavy atom. The van der Waals surface area contributed by atoms with Gasteiger partial charge in [0.1, 0.15) is 6.10 Å². The van der Waals surface area contributed by atoms with Crippen molar-refractivity contribution in [3.8, 4) is 6.07 Å². The van der Waals surface area contributed by atoms with Crippen LogP contribution >= 0.6 is 15.9 Å². The van der Waals surface area contributed by atoms with Gasteiger partial charge >= 0.3 is 0 Å². The van der Waals surface area contributed by atoms with Crippen LogP contribution in [0.2, 0.25) is 0 Å². The Labute approximate surface area is 85.3 Å². The quantitative estimate of drug-likeness (QED) is 0.804. The number of halogens is 1. The Hall–Kier alpha value is -1.11. The molecule has 0 saturated heterocycles. The van der Waals surface area contributed by atoms with Gasteiger partial charge in [0, 0.05) is 4.47 Å². The number of nitriles is 1. The summed E-state index contributed by atoms with van der Waals surface area (Å²) in [5.41, 5.74) is 0.806. The van der Waals surface area contributed by atoms with E-state index in [4.69, 9.17) is 5.26 Å². The molecular formula is C10H8BrNO. The van der Waals surface area contributed by atoms with E-state index in [9.17, 15) is 5.11 Å². The number of aliphatic hydroxyl groups is 1. The molecule has 66 valence electrons. The van der Waals surface area contributed by atoms with Crippen LogP contribution in [-0.2, 0) is 0 Å². The smallest absolute Gasteiger partial charge is 0.114 e. The van der Waals surface area contributed by atoms with E-state index in [0.29, 0.717) is 5.56 Å². The molecule has 3 heteroatoms. The summed E-state index contributed by atoms with van der Waals surface area (Å²) >= 11 is 3.28. The molecule has 13 heavy (non-hydrogen) atoms. The average Bonchev–Trinajstić information content (AvgIpc) is 2.16. The Morgan fingerprint density at radius 3 is 2.69 bits per heavy atom. The van der Waals surface area contributed by atoms with Crippen molar-refractivity contribution in [3.63, 3.8) is 0 Å². The lowest BCUT2D eigenvalue weighted by molar-refractivity contribution is 0.220. The summed E-state index contributed by atoms with van der Waals surface area (Å²) < 4.78 is 0.777. The van der Waals surface area contributed by atoms with Crippen molar-refractivity contribution < 1.29 is 5.11 Å². The van der Waals surface area contributed by atoms with E-state index in [1.165, 1.54) is 0 Å². The molecule has 1 atom stereocenters. The van der Waals surface area contributed by atoms with Gasteiger partial charge in [-0.15, -0.1) is 0 Å². The van der Waals surface area contributed by atoms with E-state index in [0.717, 1.165) is 4.47 Å². The standard InChI is InChI=1S/C10H8BrNO/c1-7(6-12)10(13)8-4-2-3-5-9(8)11/h2-5,10,13H,1H2. The summed E-state index contributed by atoms with van der Waals surface area (Å²) in [5.74, 6) is 0. The summed E-state index contributed by atoms with van der Waals surface area (Å²) in [6.45, 7) is 3.46. The topological polar surface area (TPSA) is 44.0 Å². The second-order valence-electron chi connectivity index (χ2n) is 2.56. The molecule has 0 bridgehead atoms. The highest BCUT2D eigenvalue weighted by Gasteiger charge is 2.13. The SMILES string of the molecule is C=C(C#N)C(O)c1ccccc1Br. The number of rotatable bonds is 2. The van der Waals surface area contributed by atoms with Crippen molar-refractivity contribution in [1.29, 1.82) is 5.26 Å². The van der Waals surface area contributed by atoms with Crippen molar-refractivity contribution >= 4 is 15.9 Å². The van der Waals surface area contributed by atoms with Gasteiger partial charge in [-0.25, -0.2) is 0 Å². The molecular weight excluding hydrogens is 230 g/mol. The molecule has 1 rings (SSSR count). The Kier molecular flexibility index (Phi) is 3.24. The van der Waals surface area contributed by atoms with Gasteiger partial charge in [0.25, 0.3) is 0 Å². The van der Waals surface area contributed by atoms with Gasteiger partial charge < -0.3 is 5.11 Å². The third-order valence-electron chi connectivity index (χ3n) is 1.67. The zero-order valence-corrected chi connectivity index (χ0v) is 8.45. The molecule has 2 nitrogen and oxygen atoms in total. The largest absolute Gasteiger partial charge is 0.383 e. The first-order chi connectivity index (χ1) is 6.16. The van der Waals surface area contributed by atoms with Crippen molar-refractivity contribution in [2.45, 2.75) is 6.10 Å². The predicted molar refractivity (Wildman–Crippen MR) is 53.9 cm³/mol. The summed E-state index contributed by atoms with van der Waals surface area (Å²) in [6.07, 6.45) is -0.916. The minimum Gasteiger partial charge on any atom is -0.383 e. The molecule has 0 aliphatic carbocycles. The molecule has 0 heterocycles. The molecule has 0 aliphatic heterocycles. The summed E-state index contributed by atoms with van der Waals surface area (Å²) in [4.78, 5) is 0. The minimum absolute atomic E-state index is 0.145. The third-order valence-corrected chi connectivity index (χ3v) is 2.40. The van der Waals surface area contributed by atoms with Crippen LogP contribution in [0.15, 0.2) is 40.9 Å². The molecule has 1 N–H and O–H groups in total. The fourth-order valence-corrected chi connectivity index (χ4v) is 1.45. The molecule has 0 spiro atoms. The van der Waals surface area contributed by atoms with Gasteiger partial charge in [-0.05, 0) is 11.6 Å². The lowest BCUT2D eigenvalue weighted by atomic mass is 10.0. The van der Waals surface area contributed by atoms with E-state index in [1.54, 1.807) is 12.1 Å². The second kappa shape index (κ2) is 4.22. The van der Waals surface area contributed by atoms with Crippen molar-refractivity contribution in [3.05, 3.63) is 46.5 Å². The van der Waals surface area contributed by atoms with Crippen LogP contribution in [0.25, 0.3) is 0 Å². The Morgan fingerprint density at radius 2 is 2.15 bits per heavy atom. The highest BCUT2D eigenvalue weighted by atomic mass is 79.9. The molecule has 0 amide bonds. The van der Waals surface area contributed by atoms with Crippen LogP contribution in [0, 0.1) is 11.3 Å².